The number of carbonyl (C=O) groups excluding carboxylic acids is 1. The van der Waals surface area contributed by atoms with Gasteiger partial charge in [-0.25, -0.2) is 0 Å². The van der Waals surface area contributed by atoms with Crippen molar-refractivity contribution in [3.63, 3.8) is 0 Å². The summed E-state index contributed by atoms with van der Waals surface area (Å²) in [6, 6.07) is 4.07. The molecule has 0 radical (unpaired) electrons. The molecule has 0 saturated heterocycles. The number of aliphatic hydroxyl groups is 1. The molecule has 0 bridgehead atoms. The number of nitrogens with one attached hydrogen (secondary N) is 2. The van der Waals surface area contributed by atoms with Gasteiger partial charge in [0.1, 0.15) is 0 Å². The van der Waals surface area contributed by atoms with Crippen LogP contribution in [0.4, 0.5) is 11.4 Å². The minimum absolute atomic E-state index is 0.00334. The second-order valence-electron chi connectivity index (χ2n) is 16.0. The third-order valence-electron chi connectivity index (χ3n) is 8.51. The molecule has 0 unspecified atom stereocenters. The summed E-state index contributed by atoms with van der Waals surface area (Å²) < 4.78 is 43.4. The Morgan fingerprint density at radius 2 is 1.71 bits per heavy atom. The Hall–Kier alpha value is -2.02. The second kappa shape index (κ2) is 12.9. The summed E-state index contributed by atoms with van der Waals surface area (Å²) >= 11 is 0. The van der Waals surface area contributed by atoms with Crippen LogP contribution >= 0.6 is 7.87 Å². The number of nitrogens with zero attached hydrogens (tertiary/aromatic N) is 2. The van der Waals surface area contributed by atoms with Crippen molar-refractivity contribution in [2.24, 2.45) is 15.6 Å². The first kappa shape index (κ1) is 37.4. The summed E-state index contributed by atoms with van der Waals surface area (Å²) in [7, 11) is -9.76. The van der Waals surface area contributed by atoms with Gasteiger partial charge in [-0.15, -0.1) is 0 Å². The number of anilines is 2. The Bertz CT molecular complexity index is 1460. The fraction of sp³-hybridized carbons (Fsp3) is 0.677. The monoisotopic (exact) mass is 686 g/mol. The van der Waals surface area contributed by atoms with E-state index in [9.17, 15) is 23.2 Å². The Morgan fingerprint density at radius 3 is 2.24 bits per heavy atom. The van der Waals surface area contributed by atoms with Crippen LogP contribution in [0.1, 0.15) is 75.2 Å². The van der Waals surface area contributed by atoms with Crippen LogP contribution in [-0.2, 0) is 23.8 Å². The fourth-order valence-electron chi connectivity index (χ4n) is 5.05. The second-order valence-corrected chi connectivity index (χ2v) is 24.8. The average Bonchev–Trinajstić information content (AvgIpc) is 3.10. The first-order valence-electron chi connectivity index (χ1n) is 15.5. The van der Waals surface area contributed by atoms with E-state index in [1.165, 1.54) is 6.07 Å². The Labute approximate surface area is 271 Å². The van der Waals surface area contributed by atoms with Gasteiger partial charge < -0.3 is 0 Å². The van der Waals surface area contributed by atoms with Crippen LogP contribution in [0.2, 0.25) is 18.1 Å². The van der Waals surface area contributed by atoms with Crippen LogP contribution in [0.5, 0.6) is 0 Å². The molecule has 14 heteroatoms. The first-order chi connectivity index (χ1) is 20.3. The van der Waals surface area contributed by atoms with E-state index in [-0.39, 0.29) is 45.8 Å². The molecular weight excluding hydrogens is 631 g/mol. The standard InChI is InChI=1S/C31H55N4O7PSSi/c1-29(2,3)16-17-35-26(30(4,5)6)25(36)24(28(35)37)27-32-22-15-14-21(34-44(10,39)40)20-23(22)43(38,33-27)41-18-13-19-42-45(11,12)31(7,8)9/h14-15,20,26,34,36,38,43H,13,16-19H2,1-12H3,(H,32,33)/t26-/m1/s1. The summed E-state index contributed by atoms with van der Waals surface area (Å²) in [5.41, 5.74) is 0.149. The molecule has 0 spiro atoms. The van der Waals surface area contributed by atoms with Crippen LogP contribution in [0, 0.1) is 10.8 Å². The van der Waals surface area contributed by atoms with Crippen LogP contribution < -0.4 is 15.3 Å². The van der Waals surface area contributed by atoms with E-state index < -0.39 is 37.7 Å². The van der Waals surface area contributed by atoms with Gasteiger partial charge in [0.2, 0.25) is 0 Å². The fourth-order valence-corrected chi connectivity index (χ4v) is 8.78. The van der Waals surface area contributed by atoms with Gasteiger partial charge in [0.25, 0.3) is 0 Å². The van der Waals surface area contributed by atoms with E-state index in [4.69, 9.17) is 8.95 Å². The molecule has 1 aromatic carbocycles. The molecule has 1 atom stereocenters. The average molecular weight is 687 g/mol. The summed E-state index contributed by atoms with van der Waals surface area (Å²) in [5.74, 6) is -0.445. The Morgan fingerprint density at radius 1 is 1.09 bits per heavy atom. The molecule has 1 amide bonds. The molecular formula is C31H55N4O7PSSi. The van der Waals surface area contributed by atoms with Crippen molar-refractivity contribution in [3.05, 3.63) is 29.5 Å². The molecule has 1 aromatic rings. The predicted octanol–water partition coefficient (Wildman–Crippen LogP) is 5.93. The van der Waals surface area contributed by atoms with E-state index in [0.717, 1.165) is 12.7 Å². The Balaban J connectivity index is 2.01. The molecule has 2 aliphatic rings. The van der Waals surface area contributed by atoms with E-state index in [2.05, 4.69) is 69.4 Å². The maximum atomic E-state index is 14.0. The van der Waals surface area contributed by atoms with Gasteiger partial charge in [-0.1, -0.05) is 0 Å². The number of aliphatic hydroxyl groups excluding tert-OH is 1. The van der Waals surface area contributed by atoms with Gasteiger partial charge in [-0.05, 0) is 0 Å². The van der Waals surface area contributed by atoms with Crippen molar-refractivity contribution in [1.82, 2.24) is 4.90 Å². The number of fused-ring (bicyclic) bond motifs is 1. The summed E-state index contributed by atoms with van der Waals surface area (Å²) in [4.78, 5) is 27.8. The number of sulfonamides is 1. The molecule has 2 heterocycles. The molecule has 2 aliphatic heterocycles. The van der Waals surface area contributed by atoms with Gasteiger partial charge in [0.15, 0.2) is 0 Å². The van der Waals surface area contributed by atoms with E-state index >= 15 is 0 Å². The van der Waals surface area contributed by atoms with Gasteiger partial charge in [0, 0.05) is 0 Å². The van der Waals surface area contributed by atoms with E-state index in [0.29, 0.717) is 30.6 Å². The van der Waals surface area contributed by atoms with Gasteiger partial charge >= 0.3 is 272 Å². The molecule has 256 valence electrons. The third kappa shape index (κ3) is 9.08. The molecule has 0 aliphatic carbocycles. The molecule has 11 nitrogen and oxygen atoms in total. The molecule has 3 rings (SSSR count). The number of carbonyl (C=O) groups is 1. The zero-order chi connectivity index (χ0) is 34.4. The van der Waals surface area contributed by atoms with Crippen molar-refractivity contribution in [3.8, 4) is 0 Å². The number of rotatable bonds is 11. The number of hydrogen-bond acceptors (Lipinski definition) is 9. The van der Waals surface area contributed by atoms with E-state index in [1.54, 1.807) is 17.0 Å². The zero-order valence-electron chi connectivity index (χ0n) is 29.1. The number of benzene rings is 1. The van der Waals surface area contributed by atoms with Crippen molar-refractivity contribution in [2.45, 2.75) is 99.3 Å². The van der Waals surface area contributed by atoms with Crippen LogP contribution in [-0.4, -0.2) is 75.4 Å². The predicted molar refractivity (Wildman–Crippen MR) is 189 cm³/mol. The van der Waals surface area contributed by atoms with Gasteiger partial charge in [0.05, 0.1) is 0 Å². The zero-order valence-corrected chi connectivity index (χ0v) is 31.9. The maximum absolute atomic E-state index is 14.0. The normalized spacial score (nSPS) is 20.1. The number of hydrogen-bond donors (Lipinski definition) is 4. The summed E-state index contributed by atoms with van der Waals surface area (Å²) in [6.07, 6.45) is 2.27. The van der Waals surface area contributed by atoms with Crippen molar-refractivity contribution in [1.29, 1.82) is 0 Å². The summed E-state index contributed by atoms with van der Waals surface area (Å²) in [6.45, 7) is 24.0. The number of amidine groups is 1. The Kier molecular flexibility index (Phi) is 10.7. The quantitative estimate of drug-likeness (QED) is 0.127. The molecule has 45 heavy (non-hydrogen) atoms. The van der Waals surface area contributed by atoms with Crippen molar-refractivity contribution >= 4 is 54.6 Å². The van der Waals surface area contributed by atoms with E-state index in [1.807, 2.05) is 20.8 Å². The molecule has 4 N–H and O–H groups in total. The molecule has 0 fully saturated rings. The van der Waals surface area contributed by atoms with Gasteiger partial charge in [-0.2, -0.15) is 0 Å². The van der Waals surface area contributed by atoms with Crippen molar-refractivity contribution in [2.75, 3.05) is 36.1 Å². The van der Waals surface area contributed by atoms with Crippen molar-refractivity contribution < 1.29 is 32.2 Å². The van der Waals surface area contributed by atoms with Crippen LogP contribution in [0.15, 0.2) is 34.3 Å². The molecule has 0 aromatic heterocycles. The summed E-state index contributed by atoms with van der Waals surface area (Å²) in [5, 5.41) is 15.1. The molecule has 0 saturated carbocycles. The van der Waals surface area contributed by atoms with Crippen LogP contribution in [0.3, 0.4) is 0 Å². The third-order valence-corrected chi connectivity index (χ3v) is 15.9. The van der Waals surface area contributed by atoms with Crippen LogP contribution in [0.25, 0.3) is 0 Å². The number of amides is 1. The van der Waals surface area contributed by atoms with Gasteiger partial charge in [-0.3, -0.25) is 0 Å². The minimum atomic E-state index is -4.19. The first-order valence-corrected chi connectivity index (χ1v) is 22.1. The topological polar surface area (TPSA) is 150 Å². The SMILES string of the molecule is CC(C)(C)CCN1C(=O)C(C2=N[PH](O)(OCCCO[Si](C)(C)C(C)(C)C)c3cc(NS(C)(=O)=O)ccc3N2)=C(O)[C@@H]1C(C)(C)C.